The lowest BCUT2D eigenvalue weighted by Gasteiger charge is -2.09. The summed E-state index contributed by atoms with van der Waals surface area (Å²) in [6.07, 6.45) is 18.6. The summed E-state index contributed by atoms with van der Waals surface area (Å²) in [6, 6.07) is 0. The van der Waals surface area contributed by atoms with Crippen LogP contribution in [0.25, 0.3) is 0 Å². The maximum absolute atomic E-state index is 4.50. The van der Waals surface area contributed by atoms with Gasteiger partial charge in [-0.3, -0.25) is 4.99 Å². The van der Waals surface area contributed by atoms with Crippen LogP contribution in [-0.4, -0.2) is 12.3 Å². The first-order valence-corrected chi connectivity index (χ1v) is 8.85. The average molecular weight is 265 g/mol. The average Bonchev–Trinajstić information content (AvgIpc) is 2.82. The first-order valence-electron chi connectivity index (χ1n) is 8.85. The predicted octanol–water partition coefficient (Wildman–Crippen LogP) is 6.17. The highest BCUT2D eigenvalue weighted by Crippen LogP contribution is 2.21. The van der Waals surface area contributed by atoms with Crippen molar-refractivity contribution >= 4 is 5.71 Å². The molecule has 0 aromatic carbocycles. The molecule has 1 unspecified atom stereocenters. The topological polar surface area (TPSA) is 12.4 Å². The Kier molecular flexibility index (Phi) is 10.1. The second-order valence-electron chi connectivity index (χ2n) is 6.33. The first-order chi connectivity index (χ1) is 9.34. The maximum atomic E-state index is 4.50. The minimum Gasteiger partial charge on any atom is -0.294 e. The molecule has 1 aliphatic rings. The number of hydrogen-bond donors (Lipinski definition) is 0. The number of nitrogens with zero attached hydrogens (tertiary/aromatic N) is 1. The summed E-state index contributed by atoms with van der Waals surface area (Å²) < 4.78 is 0. The van der Waals surface area contributed by atoms with Gasteiger partial charge in [-0.2, -0.15) is 0 Å². The van der Waals surface area contributed by atoms with Crippen LogP contribution in [0.3, 0.4) is 0 Å². The van der Waals surface area contributed by atoms with Crippen molar-refractivity contribution in [2.75, 3.05) is 6.54 Å². The van der Waals surface area contributed by atoms with Crippen LogP contribution in [0.1, 0.15) is 97.3 Å². The van der Waals surface area contributed by atoms with Crippen molar-refractivity contribution in [3.63, 3.8) is 0 Å². The Morgan fingerprint density at radius 3 is 1.84 bits per heavy atom. The first kappa shape index (κ1) is 16.7. The molecule has 1 heterocycles. The molecule has 0 saturated heterocycles. The molecule has 1 aliphatic heterocycles. The maximum Gasteiger partial charge on any atom is 0.0394 e. The third-order valence-corrected chi connectivity index (χ3v) is 4.59. The molecular formula is C18H35N. The Bertz CT molecular complexity index is 232. The van der Waals surface area contributed by atoms with E-state index in [1.807, 2.05) is 0 Å². The summed E-state index contributed by atoms with van der Waals surface area (Å²) in [6.45, 7) is 5.60. The summed E-state index contributed by atoms with van der Waals surface area (Å²) in [4.78, 5) is 4.50. The SMILES string of the molecule is CCCCCCCCCCCCCC1CCN=C1C. The number of rotatable bonds is 12. The van der Waals surface area contributed by atoms with E-state index in [0.717, 1.165) is 12.5 Å². The molecule has 0 radical (unpaired) electrons. The summed E-state index contributed by atoms with van der Waals surface area (Å²) in [7, 11) is 0. The normalized spacial score (nSPS) is 18.8. The molecule has 0 spiro atoms. The van der Waals surface area contributed by atoms with E-state index in [2.05, 4.69) is 18.8 Å². The van der Waals surface area contributed by atoms with Crippen LogP contribution >= 0.6 is 0 Å². The molecule has 1 rings (SSSR count). The van der Waals surface area contributed by atoms with Gasteiger partial charge in [0.2, 0.25) is 0 Å². The van der Waals surface area contributed by atoms with Crippen molar-refractivity contribution in [3.05, 3.63) is 0 Å². The molecule has 0 fully saturated rings. The molecule has 0 N–H and O–H groups in total. The van der Waals surface area contributed by atoms with Gasteiger partial charge in [-0.05, 0) is 25.7 Å². The van der Waals surface area contributed by atoms with Crippen LogP contribution in [-0.2, 0) is 0 Å². The van der Waals surface area contributed by atoms with E-state index in [-0.39, 0.29) is 0 Å². The molecule has 0 bridgehead atoms. The molecule has 0 amide bonds. The van der Waals surface area contributed by atoms with Crippen LogP contribution in [0, 0.1) is 5.92 Å². The highest BCUT2D eigenvalue weighted by atomic mass is 14.8. The second kappa shape index (κ2) is 11.5. The van der Waals surface area contributed by atoms with Gasteiger partial charge in [0.15, 0.2) is 0 Å². The van der Waals surface area contributed by atoms with Gasteiger partial charge in [0.25, 0.3) is 0 Å². The van der Waals surface area contributed by atoms with Gasteiger partial charge in [0, 0.05) is 12.3 Å². The second-order valence-corrected chi connectivity index (χ2v) is 6.33. The Hall–Kier alpha value is -0.330. The van der Waals surface area contributed by atoms with Crippen molar-refractivity contribution in [1.82, 2.24) is 0 Å². The van der Waals surface area contributed by atoms with E-state index >= 15 is 0 Å². The van der Waals surface area contributed by atoms with E-state index in [4.69, 9.17) is 0 Å². The lowest BCUT2D eigenvalue weighted by molar-refractivity contribution is 0.518. The molecule has 1 heteroatoms. The van der Waals surface area contributed by atoms with Gasteiger partial charge < -0.3 is 0 Å². The monoisotopic (exact) mass is 265 g/mol. The Labute approximate surface area is 121 Å². The lowest BCUT2D eigenvalue weighted by Crippen LogP contribution is -2.05. The molecule has 1 atom stereocenters. The molecule has 0 saturated carbocycles. The lowest BCUT2D eigenvalue weighted by atomic mass is 9.95. The molecular weight excluding hydrogens is 230 g/mol. The Balaban J connectivity index is 1.75. The minimum atomic E-state index is 0.832. The van der Waals surface area contributed by atoms with Crippen LogP contribution in [0.2, 0.25) is 0 Å². The van der Waals surface area contributed by atoms with Crippen molar-refractivity contribution < 1.29 is 0 Å². The van der Waals surface area contributed by atoms with E-state index in [0.29, 0.717) is 0 Å². The van der Waals surface area contributed by atoms with E-state index in [1.54, 1.807) is 0 Å². The van der Waals surface area contributed by atoms with Gasteiger partial charge >= 0.3 is 0 Å². The van der Waals surface area contributed by atoms with Gasteiger partial charge in [0.05, 0.1) is 0 Å². The number of unbranched alkanes of at least 4 members (excludes halogenated alkanes) is 10. The zero-order valence-corrected chi connectivity index (χ0v) is 13.4. The minimum absolute atomic E-state index is 0.832. The zero-order valence-electron chi connectivity index (χ0n) is 13.4. The highest BCUT2D eigenvalue weighted by Gasteiger charge is 2.15. The predicted molar refractivity (Wildman–Crippen MR) is 87.2 cm³/mol. The quantitative estimate of drug-likeness (QED) is 0.374. The summed E-state index contributed by atoms with van der Waals surface area (Å²) in [5.74, 6) is 0.832. The smallest absolute Gasteiger partial charge is 0.0394 e. The Morgan fingerprint density at radius 2 is 1.37 bits per heavy atom. The molecule has 112 valence electrons. The third kappa shape index (κ3) is 8.44. The Morgan fingerprint density at radius 1 is 0.842 bits per heavy atom. The molecule has 1 nitrogen and oxygen atoms in total. The fourth-order valence-corrected chi connectivity index (χ4v) is 3.14. The molecule has 0 aromatic rings. The van der Waals surface area contributed by atoms with Crippen molar-refractivity contribution in [2.45, 2.75) is 97.3 Å². The van der Waals surface area contributed by atoms with Gasteiger partial charge in [-0.25, -0.2) is 0 Å². The summed E-state index contributed by atoms with van der Waals surface area (Å²) in [5.41, 5.74) is 1.42. The van der Waals surface area contributed by atoms with Gasteiger partial charge in [0.1, 0.15) is 0 Å². The van der Waals surface area contributed by atoms with E-state index < -0.39 is 0 Å². The van der Waals surface area contributed by atoms with E-state index in [1.165, 1.54) is 89.2 Å². The van der Waals surface area contributed by atoms with Crippen molar-refractivity contribution in [3.8, 4) is 0 Å². The highest BCUT2D eigenvalue weighted by molar-refractivity contribution is 5.85. The van der Waals surface area contributed by atoms with Gasteiger partial charge in [-0.1, -0.05) is 77.6 Å². The van der Waals surface area contributed by atoms with Crippen LogP contribution in [0.4, 0.5) is 0 Å². The number of hydrogen-bond acceptors (Lipinski definition) is 1. The number of aliphatic imine (C=N–C) groups is 1. The zero-order chi connectivity index (χ0) is 13.8. The van der Waals surface area contributed by atoms with Gasteiger partial charge in [-0.15, -0.1) is 0 Å². The fourth-order valence-electron chi connectivity index (χ4n) is 3.14. The van der Waals surface area contributed by atoms with Crippen molar-refractivity contribution in [1.29, 1.82) is 0 Å². The summed E-state index contributed by atoms with van der Waals surface area (Å²) in [5, 5.41) is 0. The third-order valence-electron chi connectivity index (χ3n) is 4.59. The van der Waals surface area contributed by atoms with Crippen LogP contribution in [0.5, 0.6) is 0 Å². The van der Waals surface area contributed by atoms with Crippen molar-refractivity contribution in [2.24, 2.45) is 10.9 Å². The van der Waals surface area contributed by atoms with Crippen LogP contribution < -0.4 is 0 Å². The summed E-state index contributed by atoms with van der Waals surface area (Å²) >= 11 is 0. The fraction of sp³-hybridized carbons (Fsp3) is 0.944. The molecule has 0 aliphatic carbocycles. The molecule has 19 heavy (non-hydrogen) atoms. The molecule has 0 aromatic heterocycles. The van der Waals surface area contributed by atoms with Crippen LogP contribution in [0.15, 0.2) is 4.99 Å². The largest absolute Gasteiger partial charge is 0.294 e. The standard InChI is InChI=1S/C18H35N/c1-3-4-5-6-7-8-9-10-11-12-13-14-18-15-16-19-17(18)2/h18H,3-16H2,1-2H3. The van der Waals surface area contributed by atoms with E-state index in [9.17, 15) is 0 Å².